The van der Waals surface area contributed by atoms with E-state index < -0.39 is 40.4 Å². The van der Waals surface area contributed by atoms with Crippen molar-refractivity contribution in [3.8, 4) is 0 Å². The number of ether oxygens (including phenoxy) is 1. The van der Waals surface area contributed by atoms with Gasteiger partial charge in [-0.05, 0) is 45.0 Å². The predicted octanol–water partition coefficient (Wildman–Crippen LogP) is 4.75. The molecule has 3 rings (SSSR count). The Morgan fingerprint density at radius 3 is 2.50 bits per heavy atom. The monoisotopic (exact) mass is 460 g/mol. The minimum absolute atomic E-state index is 0.00983. The number of benzene rings is 1. The molecule has 0 fully saturated rings. The molecule has 1 aromatic heterocycles. The third-order valence-corrected chi connectivity index (χ3v) is 5.33. The number of carbonyl (C=O) groups excluding carboxylic acids is 1. The number of aromatic nitrogens is 1. The predicted molar refractivity (Wildman–Crippen MR) is 108 cm³/mol. The number of hydrogen-bond acceptors (Lipinski definition) is 5. The molecule has 2 heterocycles. The lowest BCUT2D eigenvalue weighted by atomic mass is 9.77. The smallest absolute Gasteiger partial charge is 0.315 e. The van der Waals surface area contributed by atoms with Gasteiger partial charge in [-0.1, -0.05) is 23.2 Å². The van der Waals surface area contributed by atoms with E-state index in [1.807, 2.05) is 0 Å². The maximum absolute atomic E-state index is 15.2. The number of pyridine rings is 1. The van der Waals surface area contributed by atoms with Gasteiger partial charge in [-0.2, -0.15) is 8.78 Å². The van der Waals surface area contributed by atoms with E-state index in [0.29, 0.717) is 0 Å². The Kier molecular flexibility index (Phi) is 5.41. The van der Waals surface area contributed by atoms with Gasteiger partial charge in [-0.3, -0.25) is 4.79 Å². The van der Waals surface area contributed by atoms with Gasteiger partial charge in [-0.15, -0.1) is 0 Å². The molecule has 2 aromatic rings. The highest BCUT2D eigenvalue weighted by atomic mass is 35.5. The quantitative estimate of drug-likeness (QED) is 0.690. The van der Waals surface area contributed by atoms with Gasteiger partial charge in [0.1, 0.15) is 11.5 Å². The van der Waals surface area contributed by atoms with Crippen molar-refractivity contribution in [1.82, 2.24) is 4.98 Å². The van der Waals surface area contributed by atoms with Gasteiger partial charge < -0.3 is 15.8 Å². The number of halogens is 5. The molecule has 0 spiro atoms. The van der Waals surface area contributed by atoms with E-state index >= 15 is 8.78 Å². The molecular formula is C19H17Cl2F3N4O2. The standard InChI is InChI=1S/C19H17Cl2F3N4O2/c1-17(2)19(23,24)18(3,28-16(25)30-17)11-7-10(4-5-13(11)22)27-15(29)14-12(21)6-9(20)8-26-14/h4-8H,1-3H3,(H2,25,28)(H,27,29). The van der Waals surface area contributed by atoms with E-state index in [1.165, 1.54) is 18.3 Å². The minimum Gasteiger partial charge on any atom is -0.453 e. The van der Waals surface area contributed by atoms with Gasteiger partial charge in [-0.25, -0.2) is 14.4 Å². The molecule has 11 heteroatoms. The molecule has 3 N–H and O–H groups in total. The van der Waals surface area contributed by atoms with E-state index in [0.717, 1.165) is 32.9 Å². The Hall–Kier alpha value is -2.52. The van der Waals surface area contributed by atoms with Crippen LogP contribution in [0.15, 0.2) is 35.5 Å². The number of carbonyl (C=O) groups is 1. The molecular weight excluding hydrogens is 444 g/mol. The summed E-state index contributed by atoms with van der Waals surface area (Å²) in [6.07, 6.45) is 1.22. The Balaban J connectivity index is 2.03. The second-order valence-electron chi connectivity index (χ2n) is 7.34. The van der Waals surface area contributed by atoms with Crippen molar-refractivity contribution in [2.75, 3.05) is 5.32 Å². The maximum atomic E-state index is 15.2. The fourth-order valence-electron chi connectivity index (χ4n) is 3.20. The molecule has 160 valence electrons. The second-order valence-corrected chi connectivity index (χ2v) is 8.19. The summed E-state index contributed by atoms with van der Waals surface area (Å²) < 4.78 is 50.1. The number of anilines is 1. The molecule has 1 aromatic carbocycles. The van der Waals surface area contributed by atoms with E-state index in [-0.39, 0.29) is 21.4 Å². The Bertz CT molecular complexity index is 1060. The van der Waals surface area contributed by atoms with Crippen LogP contribution < -0.4 is 11.1 Å². The summed E-state index contributed by atoms with van der Waals surface area (Å²) in [5, 5.41) is 2.67. The number of hydrogen-bond donors (Lipinski definition) is 2. The molecule has 0 saturated carbocycles. The number of rotatable bonds is 3. The van der Waals surface area contributed by atoms with Crippen molar-refractivity contribution in [2.24, 2.45) is 10.7 Å². The second kappa shape index (κ2) is 7.31. The summed E-state index contributed by atoms with van der Waals surface area (Å²) in [4.78, 5) is 20.0. The zero-order valence-corrected chi connectivity index (χ0v) is 17.6. The number of amides is 1. The Morgan fingerprint density at radius 1 is 1.20 bits per heavy atom. The molecule has 1 unspecified atom stereocenters. The molecule has 6 nitrogen and oxygen atoms in total. The average Bonchev–Trinajstić information content (AvgIpc) is 2.61. The van der Waals surface area contributed by atoms with Gasteiger partial charge >= 0.3 is 5.92 Å². The Labute approximate surface area is 180 Å². The van der Waals surface area contributed by atoms with E-state index in [2.05, 4.69) is 15.3 Å². The summed E-state index contributed by atoms with van der Waals surface area (Å²) in [5.74, 6) is -5.33. The normalized spacial score (nSPS) is 22.1. The summed E-state index contributed by atoms with van der Waals surface area (Å²) >= 11 is 11.7. The molecule has 0 radical (unpaired) electrons. The Morgan fingerprint density at radius 2 is 1.87 bits per heavy atom. The van der Waals surface area contributed by atoms with Crippen molar-refractivity contribution in [1.29, 1.82) is 0 Å². The van der Waals surface area contributed by atoms with Crippen molar-refractivity contribution >= 4 is 40.8 Å². The third kappa shape index (κ3) is 3.56. The molecule has 1 aliphatic heterocycles. The molecule has 0 saturated heterocycles. The lowest BCUT2D eigenvalue weighted by Crippen LogP contribution is -2.62. The van der Waals surface area contributed by atoms with Crippen LogP contribution in [0.25, 0.3) is 0 Å². The van der Waals surface area contributed by atoms with Crippen LogP contribution >= 0.6 is 23.2 Å². The first-order valence-corrected chi connectivity index (χ1v) is 9.38. The topological polar surface area (TPSA) is 89.6 Å². The zero-order chi connectivity index (χ0) is 22.5. The van der Waals surface area contributed by atoms with Gasteiger partial charge in [0.25, 0.3) is 11.9 Å². The van der Waals surface area contributed by atoms with Gasteiger partial charge in [0, 0.05) is 17.4 Å². The molecule has 1 atom stereocenters. The first-order valence-electron chi connectivity index (χ1n) is 8.63. The summed E-state index contributed by atoms with van der Waals surface area (Å²) in [6, 6.07) is 4.03. The van der Waals surface area contributed by atoms with Gasteiger partial charge in [0.15, 0.2) is 11.1 Å². The number of nitrogens with one attached hydrogen (secondary N) is 1. The van der Waals surface area contributed by atoms with Crippen molar-refractivity contribution in [2.45, 2.75) is 37.8 Å². The molecule has 0 bridgehead atoms. The van der Waals surface area contributed by atoms with E-state index in [9.17, 15) is 9.18 Å². The van der Waals surface area contributed by atoms with Crippen LogP contribution in [0.3, 0.4) is 0 Å². The number of amidine groups is 1. The van der Waals surface area contributed by atoms with Gasteiger partial charge in [0.05, 0.1) is 10.0 Å². The number of nitrogens with zero attached hydrogens (tertiary/aromatic N) is 2. The fourth-order valence-corrected chi connectivity index (χ4v) is 3.67. The summed E-state index contributed by atoms with van der Waals surface area (Å²) in [7, 11) is 0. The highest BCUT2D eigenvalue weighted by Crippen LogP contribution is 2.51. The van der Waals surface area contributed by atoms with Crippen LogP contribution in [-0.4, -0.2) is 28.4 Å². The van der Waals surface area contributed by atoms with Crippen molar-refractivity contribution < 1.29 is 22.7 Å². The third-order valence-electron chi connectivity index (χ3n) is 4.83. The lowest BCUT2D eigenvalue weighted by Gasteiger charge is -2.46. The minimum atomic E-state index is -3.65. The summed E-state index contributed by atoms with van der Waals surface area (Å²) in [5.41, 5.74) is 0.556. The highest BCUT2D eigenvalue weighted by Gasteiger charge is 2.66. The molecule has 1 amide bonds. The van der Waals surface area contributed by atoms with Crippen LogP contribution in [0.5, 0.6) is 0 Å². The van der Waals surface area contributed by atoms with Crippen LogP contribution in [-0.2, 0) is 10.3 Å². The van der Waals surface area contributed by atoms with Crippen molar-refractivity contribution in [3.05, 3.63) is 57.6 Å². The van der Waals surface area contributed by atoms with Crippen LogP contribution in [0, 0.1) is 5.82 Å². The molecule has 1 aliphatic rings. The van der Waals surface area contributed by atoms with Crippen LogP contribution in [0.2, 0.25) is 10.0 Å². The summed E-state index contributed by atoms with van der Waals surface area (Å²) in [6.45, 7) is 3.31. The van der Waals surface area contributed by atoms with E-state index in [1.54, 1.807) is 0 Å². The lowest BCUT2D eigenvalue weighted by molar-refractivity contribution is -0.207. The van der Waals surface area contributed by atoms with Crippen molar-refractivity contribution in [3.63, 3.8) is 0 Å². The van der Waals surface area contributed by atoms with E-state index in [4.69, 9.17) is 33.7 Å². The zero-order valence-electron chi connectivity index (χ0n) is 16.1. The number of nitrogens with two attached hydrogens (primary N) is 1. The first kappa shape index (κ1) is 22.2. The molecule has 30 heavy (non-hydrogen) atoms. The first-order chi connectivity index (χ1) is 13.8. The SMILES string of the molecule is CC1(C)OC(N)=NC(C)(c2cc(NC(=O)c3ncc(Cl)cc3Cl)ccc2F)C1(F)F. The largest absolute Gasteiger partial charge is 0.453 e. The fraction of sp³-hybridized carbons (Fsp3) is 0.316. The number of aliphatic imine (C=N–C) groups is 1. The highest BCUT2D eigenvalue weighted by molar-refractivity contribution is 6.36. The molecule has 0 aliphatic carbocycles. The van der Waals surface area contributed by atoms with Gasteiger partial charge in [0.2, 0.25) is 0 Å². The number of alkyl halides is 2. The average molecular weight is 461 g/mol. The van der Waals surface area contributed by atoms with Crippen LogP contribution in [0.1, 0.15) is 36.8 Å². The van der Waals surface area contributed by atoms with Crippen LogP contribution in [0.4, 0.5) is 18.9 Å². The maximum Gasteiger partial charge on any atom is 0.315 e.